The lowest BCUT2D eigenvalue weighted by atomic mass is 10.8. The summed E-state index contributed by atoms with van der Waals surface area (Å²) < 4.78 is 4.17. The summed E-state index contributed by atoms with van der Waals surface area (Å²) in [6, 6.07) is 1.69. The second-order valence-corrected chi connectivity index (χ2v) is 1.11. The molecule has 0 aromatic heterocycles. The average Bonchev–Trinajstić information content (AvgIpc) is 2.08. The highest BCUT2D eigenvalue weighted by Gasteiger charge is 1.79. The Hall–Kier alpha value is -1.82. The number of allylic oxidation sites excluding steroid dienone is 1. The molecule has 12 heavy (non-hydrogen) atoms. The molecule has 3 heteroatoms. The molecule has 0 heterocycles. The van der Waals surface area contributed by atoms with Gasteiger partial charge < -0.3 is 4.74 Å². The van der Waals surface area contributed by atoms with E-state index in [1.807, 2.05) is 0 Å². The highest BCUT2D eigenvalue weighted by Crippen LogP contribution is 1.70. The van der Waals surface area contributed by atoms with Crippen LogP contribution < -0.4 is 0 Å². The molecule has 0 amide bonds. The van der Waals surface area contributed by atoms with Crippen LogP contribution in [0.2, 0.25) is 0 Å². The van der Waals surface area contributed by atoms with E-state index in [4.69, 9.17) is 5.26 Å². The van der Waals surface area contributed by atoms with Crippen LogP contribution in [0.25, 0.3) is 0 Å². The predicted octanol–water partition coefficient (Wildman–Crippen LogP) is 2.19. The average molecular weight is 167 g/mol. The smallest absolute Gasteiger partial charge is 0.307 e. The van der Waals surface area contributed by atoms with E-state index in [-0.39, 0.29) is 5.97 Å². The molecule has 0 bridgehead atoms. The van der Waals surface area contributed by atoms with Gasteiger partial charge in [0.2, 0.25) is 0 Å². The van der Waals surface area contributed by atoms with Crippen molar-refractivity contribution in [2.24, 2.45) is 0 Å². The fraction of sp³-hybridized carbons (Fsp3) is 0.111. The normalized spacial score (nSPS) is 5.00. The summed E-state index contributed by atoms with van der Waals surface area (Å²) in [4.78, 5) is 9.75. The van der Waals surface area contributed by atoms with E-state index in [9.17, 15) is 4.79 Å². The van der Waals surface area contributed by atoms with Crippen molar-refractivity contribution in [2.75, 3.05) is 0 Å². The summed E-state index contributed by atoms with van der Waals surface area (Å²) >= 11 is 0. The van der Waals surface area contributed by atoms with Gasteiger partial charge in [-0.2, -0.15) is 5.26 Å². The molecule has 0 saturated heterocycles. The number of esters is 1. The maximum atomic E-state index is 9.75. The van der Waals surface area contributed by atoms with Crippen LogP contribution in [0.15, 0.2) is 38.7 Å². The minimum atomic E-state index is -0.329. The molecule has 0 aliphatic carbocycles. The van der Waals surface area contributed by atoms with Gasteiger partial charge in [-0.3, -0.25) is 4.79 Å². The monoisotopic (exact) mass is 167 g/mol. The highest BCUT2D eigenvalue weighted by atomic mass is 16.5. The van der Waals surface area contributed by atoms with Crippen LogP contribution >= 0.6 is 0 Å². The lowest BCUT2D eigenvalue weighted by molar-refractivity contribution is -0.135. The molecule has 0 aliphatic heterocycles. The number of rotatable bonds is 1. The minimum absolute atomic E-state index is 0.329. The molecule has 0 aromatic carbocycles. The van der Waals surface area contributed by atoms with Crippen molar-refractivity contribution in [2.45, 2.75) is 6.92 Å². The SMILES string of the molecule is C=C.C=CC#N.C=COC(C)=O. The lowest BCUT2D eigenvalue weighted by Crippen LogP contribution is -1.87. The van der Waals surface area contributed by atoms with E-state index in [0.29, 0.717) is 0 Å². The number of hydrogen-bond donors (Lipinski definition) is 0. The Morgan fingerprint density at radius 1 is 1.50 bits per heavy atom. The van der Waals surface area contributed by atoms with Crippen LogP contribution in [0, 0.1) is 11.3 Å². The van der Waals surface area contributed by atoms with E-state index < -0.39 is 0 Å². The van der Waals surface area contributed by atoms with E-state index >= 15 is 0 Å². The topological polar surface area (TPSA) is 50.1 Å². The van der Waals surface area contributed by atoms with Gasteiger partial charge in [-0.05, 0) is 0 Å². The van der Waals surface area contributed by atoms with Gasteiger partial charge in [-0.25, -0.2) is 0 Å². The highest BCUT2D eigenvalue weighted by molar-refractivity contribution is 5.66. The van der Waals surface area contributed by atoms with Gasteiger partial charge in [-0.15, -0.1) is 13.2 Å². The van der Waals surface area contributed by atoms with Crippen molar-refractivity contribution in [3.05, 3.63) is 38.7 Å². The number of carbonyl (C=O) groups is 1. The number of nitrogens with zero attached hydrogens (tertiary/aromatic N) is 1. The van der Waals surface area contributed by atoms with Crippen molar-refractivity contribution >= 4 is 5.97 Å². The molecule has 3 nitrogen and oxygen atoms in total. The number of nitriles is 1. The number of carbonyl (C=O) groups excluding carboxylic acids is 1. The first-order valence-corrected chi connectivity index (χ1v) is 2.97. The van der Waals surface area contributed by atoms with Crippen molar-refractivity contribution in [3.8, 4) is 6.07 Å². The first-order chi connectivity index (χ1) is 5.68. The third kappa shape index (κ3) is 88.7. The van der Waals surface area contributed by atoms with Crippen molar-refractivity contribution in [3.63, 3.8) is 0 Å². The summed E-state index contributed by atoms with van der Waals surface area (Å²) in [5, 5.41) is 7.51. The fourth-order valence-electron chi connectivity index (χ4n) is 0.117. The molecule has 0 saturated carbocycles. The largest absolute Gasteiger partial charge is 0.435 e. The second kappa shape index (κ2) is 22.9. The predicted molar refractivity (Wildman–Crippen MR) is 49.0 cm³/mol. The van der Waals surface area contributed by atoms with Crippen molar-refractivity contribution < 1.29 is 9.53 Å². The molecule has 0 radical (unpaired) electrons. The van der Waals surface area contributed by atoms with Crippen LogP contribution in [0.3, 0.4) is 0 Å². The summed E-state index contributed by atoms with van der Waals surface area (Å²) in [6.45, 7) is 13.6. The zero-order valence-corrected chi connectivity index (χ0v) is 7.25. The number of hydrogen-bond acceptors (Lipinski definition) is 3. The molecule has 0 spiro atoms. The summed E-state index contributed by atoms with van der Waals surface area (Å²) in [5.41, 5.74) is 0. The molecule has 0 rings (SSSR count). The molecule has 0 N–H and O–H groups in total. The molecular formula is C9H13NO2. The Bertz CT molecular complexity index is 168. The van der Waals surface area contributed by atoms with Gasteiger partial charge in [0.05, 0.1) is 12.3 Å². The zero-order chi connectivity index (χ0) is 10.4. The van der Waals surface area contributed by atoms with Crippen LogP contribution in [-0.4, -0.2) is 5.97 Å². The quantitative estimate of drug-likeness (QED) is 0.260. The third-order valence-corrected chi connectivity index (χ3v) is 0.341. The standard InChI is InChI=1S/C4H6O2.C3H3N.C2H4/c1-3-6-4(2)5;1-2-3-4;1-2/h3H,1H2,2H3;2H,1H2;1-2H2. The zero-order valence-electron chi connectivity index (χ0n) is 7.25. The van der Waals surface area contributed by atoms with Gasteiger partial charge in [0.1, 0.15) is 0 Å². The summed E-state index contributed by atoms with van der Waals surface area (Å²) in [7, 11) is 0. The van der Waals surface area contributed by atoms with Crippen LogP contribution in [0.5, 0.6) is 0 Å². The Morgan fingerprint density at radius 2 is 1.83 bits per heavy atom. The number of ether oxygens (including phenoxy) is 1. The lowest BCUT2D eigenvalue weighted by Gasteiger charge is -1.83. The Balaban J connectivity index is -0.000000118. The molecule has 0 atom stereocenters. The second-order valence-electron chi connectivity index (χ2n) is 1.11. The van der Waals surface area contributed by atoms with Crippen LogP contribution in [0.1, 0.15) is 6.92 Å². The van der Waals surface area contributed by atoms with Gasteiger partial charge in [0.15, 0.2) is 0 Å². The molecule has 0 fully saturated rings. The van der Waals surface area contributed by atoms with Gasteiger partial charge >= 0.3 is 5.97 Å². The van der Waals surface area contributed by atoms with E-state index in [0.717, 1.165) is 6.26 Å². The molecule has 0 aromatic rings. The van der Waals surface area contributed by atoms with E-state index in [1.54, 1.807) is 6.07 Å². The van der Waals surface area contributed by atoms with E-state index in [2.05, 4.69) is 31.1 Å². The van der Waals surface area contributed by atoms with E-state index in [1.165, 1.54) is 13.0 Å². The molecular weight excluding hydrogens is 154 g/mol. The van der Waals surface area contributed by atoms with Crippen LogP contribution in [-0.2, 0) is 9.53 Å². The fourth-order valence-corrected chi connectivity index (χ4v) is 0.117. The van der Waals surface area contributed by atoms with Crippen LogP contribution in [0.4, 0.5) is 0 Å². The molecule has 66 valence electrons. The van der Waals surface area contributed by atoms with Crippen molar-refractivity contribution in [1.29, 1.82) is 5.26 Å². The molecule has 0 unspecified atom stereocenters. The maximum absolute atomic E-state index is 9.75. The van der Waals surface area contributed by atoms with Gasteiger partial charge in [0, 0.05) is 13.0 Å². The van der Waals surface area contributed by atoms with Gasteiger partial charge in [0.25, 0.3) is 0 Å². The Morgan fingerprint density at radius 3 is 1.83 bits per heavy atom. The minimum Gasteiger partial charge on any atom is -0.435 e. The molecule has 0 aliphatic rings. The summed E-state index contributed by atoms with van der Waals surface area (Å²) in [6.07, 6.45) is 2.28. The van der Waals surface area contributed by atoms with Gasteiger partial charge in [-0.1, -0.05) is 13.2 Å². The Kier molecular flexibility index (Phi) is 31.7. The summed E-state index contributed by atoms with van der Waals surface area (Å²) in [5.74, 6) is -0.329. The first kappa shape index (κ1) is 16.6. The van der Waals surface area contributed by atoms with Crippen molar-refractivity contribution in [1.82, 2.24) is 0 Å². The first-order valence-electron chi connectivity index (χ1n) is 2.97. The Labute approximate surface area is 73.3 Å². The maximum Gasteiger partial charge on any atom is 0.307 e. The third-order valence-electron chi connectivity index (χ3n) is 0.341.